The van der Waals surface area contributed by atoms with Crippen LogP contribution in [0.5, 0.6) is 0 Å². The quantitative estimate of drug-likeness (QED) is 0.758. The third kappa shape index (κ3) is 2.49. The van der Waals surface area contributed by atoms with Crippen LogP contribution in [0.25, 0.3) is 0 Å². The van der Waals surface area contributed by atoms with E-state index in [9.17, 15) is 9.18 Å². The van der Waals surface area contributed by atoms with E-state index in [2.05, 4.69) is 0 Å². The number of hydrogen-bond acceptors (Lipinski definition) is 2. The summed E-state index contributed by atoms with van der Waals surface area (Å²) in [5, 5.41) is 3.92. The number of thiophene rings is 1. The fraction of sp³-hybridized carbons (Fsp3) is 0.0833. The van der Waals surface area contributed by atoms with Gasteiger partial charge in [0.2, 0.25) is 0 Å². The summed E-state index contributed by atoms with van der Waals surface area (Å²) in [7, 11) is 0. The molecule has 0 unspecified atom stereocenters. The number of ketones is 1. The summed E-state index contributed by atoms with van der Waals surface area (Å²) in [5.41, 5.74) is 1.000. The summed E-state index contributed by atoms with van der Waals surface area (Å²) in [4.78, 5) is 11.7. The summed E-state index contributed by atoms with van der Waals surface area (Å²) in [6.07, 6.45) is 0.0692. The highest BCUT2D eigenvalue weighted by atomic mass is 35.5. The molecule has 16 heavy (non-hydrogen) atoms. The normalized spacial score (nSPS) is 10.4. The zero-order valence-corrected chi connectivity index (χ0v) is 9.82. The maximum atomic E-state index is 13.4. The van der Waals surface area contributed by atoms with Crippen molar-refractivity contribution in [2.24, 2.45) is 0 Å². The van der Waals surface area contributed by atoms with Crippen LogP contribution in [0.3, 0.4) is 0 Å². The lowest BCUT2D eigenvalue weighted by molar-refractivity contribution is 0.0992. The minimum Gasteiger partial charge on any atom is -0.294 e. The molecule has 0 aliphatic rings. The summed E-state index contributed by atoms with van der Waals surface area (Å²) in [5.74, 6) is -0.515. The molecule has 0 saturated heterocycles. The van der Waals surface area contributed by atoms with Gasteiger partial charge in [-0.05, 0) is 29.1 Å². The summed E-state index contributed by atoms with van der Waals surface area (Å²) in [6.45, 7) is 0. The Morgan fingerprint density at radius 3 is 2.81 bits per heavy atom. The van der Waals surface area contributed by atoms with Gasteiger partial charge in [-0.2, -0.15) is 11.3 Å². The first-order chi connectivity index (χ1) is 7.66. The third-order valence-electron chi connectivity index (χ3n) is 2.21. The molecule has 0 bridgehead atoms. The topological polar surface area (TPSA) is 17.1 Å². The molecule has 0 N–H and O–H groups in total. The Bertz CT molecular complexity index is 508. The predicted octanol–water partition coefficient (Wildman–Crippen LogP) is 3.97. The third-order valence-corrected chi connectivity index (χ3v) is 3.13. The van der Waals surface area contributed by atoms with Gasteiger partial charge >= 0.3 is 0 Å². The van der Waals surface area contributed by atoms with Crippen molar-refractivity contribution < 1.29 is 9.18 Å². The van der Waals surface area contributed by atoms with Crippen molar-refractivity contribution in [2.75, 3.05) is 0 Å². The summed E-state index contributed by atoms with van der Waals surface area (Å²) < 4.78 is 13.4. The summed E-state index contributed by atoms with van der Waals surface area (Å²) >= 11 is 7.08. The van der Waals surface area contributed by atoms with E-state index in [1.165, 1.54) is 17.4 Å². The van der Waals surface area contributed by atoms with Crippen LogP contribution in [0.1, 0.15) is 15.9 Å². The van der Waals surface area contributed by atoms with Gasteiger partial charge in [-0.25, -0.2) is 4.39 Å². The number of benzene rings is 1. The lowest BCUT2D eigenvalue weighted by Crippen LogP contribution is -2.03. The highest BCUT2D eigenvalue weighted by molar-refractivity contribution is 7.08. The average Bonchev–Trinajstić information content (AvgIpc) is 2.75. The average molecular weight is 255 g/mol. The van der Waals surface area contributed by atoms with E-state index in [1.54, 1.807) is 23.6 Å². The van der Waals surface area contributed by atoms with Crippen molar-refractivity contribution in [3.05, 3.63) is 57.0 Å². The van der Waals surface area contributed by atoms with Gasteiger partial charge in [0.05, 0.1) is 0 Å². The minimum absolute atomic E-state index is 0.0692. The molecular formula is C12H8ClFOS. The molecule has 1 aromatic carbocycles. The van der Waals surface area contributed by atoms with Gasteiger partial charge in [0.1, 0.15) is 5.82 Å². The Hall–Kier alpha value is -1.19. The molecule has 0 atom stereocenters. The molecule has 2 rings (SSSR count). The molecule has 0 fully saturated rings. The second kappa shape index (κ2) is 4.76. The lowest BCUT2D eigenvalue weighted by atomic mass is 10.1. The largest absolute Gasteiger partial charge is 0.294 e. The molecule has 2 aromatic rings. The number of carbonyl (C=O) groups excluding carboxylic acids is 1. The SMILES string of the molecule is O=C(Cc1ccc(Cl)cc1F)c1ccsc1. The number of carbonyl (C=O) groups is 1. The van der Waals surface area contributed by atoms with Crippen molar-refractivity contribution in [1.29, 1.82) is 0 Å². The Morgan fingerprint density at radius 1 is 1.38 bits per heavy atom. The van der Waals surface area contributed by atoms with Gasteiger partial charge in [-0.3, -0.25) is 4.79 Å². The highest BCUT2D eigenvalue weighted by Crippen LogP contribution is 2.17. The first-order valence-electron chi connectivity index (χ1n) is 4.66. The molecule has 0 aliphatic carbocycles. The fourth-order valence-electron chi connectivity index (χ4n) is 1.36. The highest BCUT2D eigenvalue weighted by Gasteiger charge is 2.10. The zero-order chi connectivity index (χ0) is 11.5. The second-order valence-corrected chi connectivity index (χ2v) is 4.56. The molecule has 0 aliphatic heterocycles. The van der Waals surface area contributed by atoms with Gasteiger partial charge in [0.15, 0.2) is 5.78 Å². The molecule has 4 heteroatoms. The van der Waals surface area contributed by atoms with E-state index >= 15 is 0 Å². The van der Waals surface area contributed by atoms with Crippen molar-refractivity contribution >= 4 is 28.7 Å². The zero-order valence-electron chi connectivity index (χ0n) is 8.24. The van der Waals surface area contributed by atoms with E-state index in [4.69, 9.17) is 11.6 Å². The van der Waals surface area contributed by atoms with Gasteiger partial charge in [-0.15, -0.1) is 0 Å². The Kier molecular flexibility index (Phi) is 3.36. The van der Waals surface area contributed by atoms with Crippen LogP contribution in [0, 0.1) is 5.82 Å². The van der Waals surface area contributed by atoms with E-state index in [0.717, 1.165) is 0 Å². The van der Waals surface area contributed by atoms with Crippen LogP contribution in [0.4, 0.5) is 4.39 Å². The van der Waals surface area contributed by atoms with Crippen LogP contribution in [0.2, 0.25) is 5.02 Å². The Morgan fingerprint density at radius 2 is 2.19 bits per heavy atom. The molecule has 0 radical (unpaired) electrons. The Labute approximate surface area is 101 Å². The molecule has 1 aromatic heterocycles. The van der Waals surface area contributed by atoms with Crippen molar-refractivity contribution in [3.63, 3.8) is 0 Å². The van der Waals surface area contributed by atoms with Crippen LogP contribution < -0.4 is 0 Å². The first-order valence-corrected chi connectivity index (χ1v) is 5.98. The van der Waals surface area contributed by atoms with Crippen LogP contribution in [0.15, 0.2) is 35.0 Å². The van der Waals surface area contributed by atoms with Crippen LogP contribution >= 0.6 is 22.9 Å². The molecular weight excluding hydrogens is 247 g/mol. The van der Waals surface area contributed by atoms with Crippen molar-refractivity contribution in [1.82, 2.24) is 0 Å². The first kappa shape index (κ1) is 11.3. The number of halogens is 2. The fourth-order valence-corrected chi connectivity index (χ4v) is 2.18. The molecule has 0 amide bonds. The molecule has 0 spiro atoms. The van der Waals surface area contributed by atoms with Gasteiger partial charge in [-0.1, -0.05) is 17.7 Å². The maximum Gasteiger partial charge on any atom is 0.168 e. The van der Waals surface area contributed by atoms with Crippen LogP contribution in [-0.4, -0.2) is 5.78 Å². The lowest BCUT2D eigenvalue weighted by Gasteiger charge is -2.01. The number of rotatable bonds is 3. The van der Waals surface area contributed by atoms with Crippen molar-refractivity contribution in [2.45, 2.75) is 6.42 Å². The standard InChI is InChI=1S/C12H8ClFOS/c13-10-2-1-8(11(14)6-10)5-12(15)9-3-4-16-7-9/h1-4,6-7H,5H2. The monoisotopic (exact) mass is 254 g/mol. The van der Waals surface area contributed by atoms with Crippen molar-refractivity contribution in [3.8, 4) is 0 Å². The number of hydrogen-bond donors (Lipinski definition) is 0. The Balaban J connectivity index is 2.18. The predicted molar refractivity (Wildman–Crippen MR) is 63.8 cm³/mol. The smallest absolute Gasteiger partial charge is 0.168 e. The van der Waals surface area contributed by atoms with Gasteiger partial charge < -0.3 is 0 Å². The molecule has 82 valence electrons. The van der Waals surface area contributed by atoms with E-state index < -0.39 is 5.82 Å². The second-order valence-electron chi connectivity index (χ2n) is 3.35. The van der Waals surface area contributed by atoms with E-state index in [-0.39, 0.29) is 12.2 Å². The summed E-state index contributed by atoms with van der Waals surface area (Å²) in [6, 6.07) is 6.08. The van der Waals surface area contributed by atoms with Gasteiger partial charge in [0.25, 0.3) is 0 Å². The van der Waals surface area contributed by atoms with Crippen LogP contribution in [-0.2, 0) is 6.42 Å². The minimum atomic E-state index is -0.434. The maximum absolute atomic E-state index is 13.4. The van der Waals surface area contributed by atoms with E-state index in [0.29, 0.717) is 16.1 Å². The molecule has 1 heterocycles. The van der Waals surface area contributed by atoms with Gasteiger partial charge in [0, 0.05) is 22.4 Å². The van der Waals surface area contributed by atoms with E-state index in [1.807, 2.05) is 5.38 Å². The molecule has 1 nitrogen and oxygen atoms in total. The molecule has 0 saturated carbocycles. The number of Topliss-reactive ketones (excluding diaryl/α,β-unsaturated/α-hetero) is 1.